The molecule has 3 aromatic rings. The third kappa shape index (κ3) is 5.39. The maximum absolute atomic E-state index is 13.6. The third-order valence-electron chi connectivity index (χ3n) is 6.24. The number of aryl methyl sites for hydroxylation is 1. The molecule has 0 bridgehead atoms. The lowest BCUT2D eigenvalue weighted by molar-refractivity contribution is 0.0748. The molecule has 4 rings (SSSR count). The van der Waals surface area contributed by atoms with E-state index < -0.39 is 10.0 Å². The number of carbonyl (C=O) groups is 1. The molecular weight excluding hydrogens is 478 g/mol. The molecule has 1 aliphatic rings. The van der Waals surface area contributed by atoms with Crippen LogP contribution < -0.4 is 9.64 Å². The van der Waals surface area contributed by atoms with Crippen molar-refractivity contribution < 1.29 is 17.9 Å². The molecule has 0 N–H and O–H groups in total. The molecule has 192 valence electrons. The van der Waals surface area contributed by atoms with Crippen LogP contribution in [0.25, 0.3) is 0 Å². The second kappa shape index (κ2) is 11.1. The Hall–Kier alpha value is -3.37. The molecule has 1 aromatic heterocycles. The molecule has 2 heterocycles. The van der Waals surface area contributed by atoms with E-state index >= 15 is 0 Å². The number of ether oxygens (including phenoxy) is 1. The Kier molecular flexibility index (Phi) is 7.95. The van der Waals surface area contributed by atoms with Crippen molar-refractivity contribution in [3.8, 4) is 5.75 Å². The SMILES string of the molecule is CCOc1ccccc1N1CCN(S(=O)(=O)c2nn(C)cc2C(=O)N(CC)Cc2ccccc2)CC1. The summed E-state index contributed by atoms with van der Waals surface area (Å²) in [4.78, 5) is 17.2. The van der Waals surface area contributed by atoms with Gasteiger partial charge in [0.2, 0.25) is 5.03 Å². The molecule has 2 aromatic carbocycles. The van der Waals surface area contributed by atoms with E-state index in [4.69, 9.17) is 4.74 Å². The number of carbonyl (C=O) groups excluding carboxylic acids is 1. The number of hydrogen-bond acceptors (Lipinski definition) is 6. The van der Waals surface area contributed by atoms with Crippen LogP contribution in [0.5, 0.6) is 5.75 Å². The van der Waals surface area contributed by atoms with E-state index in [1.54, 1.807) is 11.9 Å². The summed E-state index contributed by atoms with van der Waals surface area (Å²) < 4.78 is 35.8. The molecule has 0 aliphatic carbocycles. The van der Waals surface area contributed by atoms with Gasteiger partial charge in [0.25, 0.3) is 15.9 Å². The first-order chi connectivity index (χ1) is 17.3. The highest BCUT2D eigenvalue weighted by Gasteiger charge is 2.35. The van der Waals surface area contributed by atoms with Crippen molar-refractivity contribution in [2.45, 2.75) is 25.4 Å². The van der Waals surface area contributed by atoms with Gasteiger partial charge in [-0.3, -0.25) is 9.48 Å². The van der Waals surface area contributed by atoms with Crippen LogP contribution in [0.3, 0.4) is 0 Å². The van der Waals surface area contributed by atoms with Gasteiger partial charge >= 0.3 is 0 Å². The Labute approximate surface area is 212 Å². The number of benzene rings is 2. The standard InChI is InChI=1S/C26H33N5O4S/c1-4-29(19-21-11-7-6-8-12-21)26(32)22-20-28(3)27-25(22)36(33,34)31-17-15-30(16-18-31)23-13-9-10-14-24(23)35-5-2/h6-14,20H,4-5,15-19H2,1-3H3. The van der Waals surface area contributed by atoms with E-state index in [0.29, 0.717) is 32.8 Å². The van der Waals surface area contributed by atoms with Crippen LogP contribution in [0.4, 0.5) is 5.69 Å². The molecule has 0 spiro atoms. The van der Waals surface area contributed by atoms with Gasteiger partial charge in [-0.2, -0.15) is 9.40 Å². The molecular formula is C26H33N5O4S. The highest BCUT2D eigenvalue weighted by atomic mass is 32.2. The minimum atomic E-state index is -3.96. The number of aromatic nitrogens is 2. The molecule has 0 atom stereocenters. The van der Waals surface area contributed by atoms with Crippen LogP contribution >= 0.6 is 0 Å². The molecule has 36 heavy (non-hydrogen) atoms. The molecule has 1 amide bonds. The van der Waals surface area contributed by atoms with Gasteiger partial charge in [-0.05, 0) is 31.5 Å². The normalized spacial score (nSPS) is 14.6. The largest absolute Gasteiger partial charge is 0.492 e. The van der Waals surface area contributed by atoms with Crippen LogP contribution in [-0.4, -0.2) is 72.6 Å². The second-order valence-corrected chi connectivity index (χ2v) is 10.5. The minimum Gasteiger partial charge on any atom is -0.492 e. The van der Waals surface area contributed by atoms with E-state index in [0.717, 1.165) is 17.0 Å². The number of hydrogen-bond donors (Lipinski definition) is 0. The van der Waals surface area contributed by atoms with Gasteiger partial charge in [0.15, 0.2) is 0 Å². The average Bonchev–Trinajstić information content (AvgIpc) is 3.30. The Morgan fingerprint density at radius 2 is 1.67 bits per heavy atom. The number of sulfonamides is 1. The van der Waals surface area contributed by atoms with Gasteiger partial charge in [0.1, 0.15) is 5.75 Å². The number of para-hydroxylation sites is 2. The smallest absolute Gasteiger partial charge is 0.263 e. The Balaban J connectivity index is 1.53. The molecule has 0 saturated carbocycles. The van der Waals surface area contributed by atoms with Crippen molar-refractivity contribution in [3.05, 3.63) is 71.9 Å². The fourth-order valence-electron chi connectivity index (χ4n) is 4.39. The van der Waals surface area contributed by atoms with Gasteiger partial charge in [0.05, 0.1) is 17.9 Å². The van der Waals surface area contributed by atoms with Crippen molar-refractivity contribution in [2.75, 3.05) is 44.2 Å². The van der Waals surface area contributed by atoms with E-state index in [-0.39, 0.29) is 29.6 Å². The molecule has 1 aliphatic heterocycles. The number of anilines is 1. The maximum atomic E-state index is 13.6. The Morgan fingerprint density at radius 3 is 2.33 bits per heavy atom. The summed E-state index contributed by atoms with van der Waals surface area (Å²) in [6, 6.07) is 17.4. The number of piperazine rings is 1. The van der Waals surface area contributed by atoms with Crippen LogP contribution in [0.1, 0.15) is 29.8 Å². The van der Waals surface area contributed by atoms with Crippen LogP contribution in [0.15, 0.2) is 65.8 Å². The first kappa shape index (κ1) is 25.7. The zero-order valence-corrected chi connectivity index (χ0v) is 21.8. The Morgan fingerprint density at radius 1 is 1.00 bits per heavy atom. The summed E-state index contributed by atoms with van der Waals surface area (Å²) in [5.74, 6) is 0.435. The van der Waals surface area contributed by atoms with Crippen molar-refractivity contribution in [3.63, 3.8) is 0 Å². The predicted octanol–water partition coefficient (Wildman–Crippen LogP) is 2.99. The monoisotopic (exact) mass is 511 g/mol. The topological polar surface area (TPSA) is 88.0 Å². The van der Waals surface area contributed by atoms with E-state index in [1.807, 2.05) is 68.4 Å². The highest BCUT2D eigenvalue weighted by Crippen LogP contribution is 2.30. The minimum absolute atomic E-state index is 0.0967. The van der Waals surface area contributed by atoms with E-state index in [1.165, 1.54) is 15.2 Å². The summed E-state index contributed by atoms with van der Waals surface area (Å²) in [6.45, 7) is 6.80. The maximum Gasteiger partial charge on any atom is 0.263 e. The second-order valence-electron chi connectivity index (χ2n) is 8.62. The van der Waals surface area contributed by atoms with Gasteiger partial charge in [-0.1, -0.05) is 42.5 Å². The highest BCUT2D eigenvalue weighted by molar-refractivity contribution is 7.89. The van der Waals surface area contributed by atoms with Crippen molar-refractivity contribution >= 4 is 21.6 Å². The fraction of sp³-hybridized carbons (Fsp3) is 0.385. The molecule has 0 unspecified atom stereocenters. The summed E-state index contributed by atoms with van der Waals surface area (Å²) in [6.07, 6.45) is 1.50. The van der Waals surface area contributed by atoms with Crippen molar-refractivity contribution in [1.29, 1.82) is 0 Å². The molecule has 1 fully saturated rings. The number of rotatable bonds is 9. The summed E-state index contributed by atoms with van der Waals surface area (Å²) in [7, 11) is -2.33. The van der Waals surface area contributed by atoms with Crippen molar-refractivity contribution in [2.24, 2.45) is 7.05 Å². The van der Waals surface area contributed by atoms with Crippen molar-refractivity contribution in [1.82, 2.24) is 19.0 Å². The zero-order chi connectivity index (χ0) is 25.7. The van der Waals surface area contributed by atoms with Crippen LogP contribution in [0, 0.1) is 0 Å². The lowest BCUT2D eigenvalue weighted by Crippen LogP contribution is -2.49. The van der Waals surface area contributed by atoms with E-state index in [9.17, 15) is 13.2 Å². The lowest BCUT2D eigenvalue weighted by Gasteiger charge is -2.35. The van der Waals surface area contributed by atoms with Crippen LogP contribution in [-0.2, 0) is 23.6 Å². The first-order valence-corrected chi connectivity index (χ1v) is 13.6. The third-order valence-corrected chi connectivity index (χ3v) is 8.07. The van der Waals surface area contributed by atoms with Crippen LogP contribution in [0.2, 0.25) is 0 Å². The molecule has 10 heteroatoms. The van der Waals surface area contributed by atoms with Gasteiger partial charge < -0.3 is 14.5 Å². The summed E-state index contributed by atoms with van der Waals surface area (Å²) in [5, 5.41) is 4.03. The quantitative estimate of drug-likeness (QED) is 0.439. The lowest BCUT2D eigenvalue weighted by atomic mass is 10.2. The first-order valence-electron chi connectivity index (χ1n) is 12.2. The molecule has 1 saturated heterocycles. The fourth-order valence-corrected chi connectivity index (χ4v) is 5.93. The summed E-state index contributed by atoms with van der Waals surface area (Å²) in [5.41, 5.74) is 2.02. The van der Waals surface area contributed by atoms with Gasteiger partial charge in [-0.15, -0.1) is 0 Å². The van der Waals surface area contributed by atoms with Gasteiger partial charge in [-0.25, -0.2) is 8.42 Å². The molecule has 0 radical (unpaired) electrons. The number of amides is 1. The Bertz CT molecular complexity index is 1280. The predicted molar refractivity (Wildman–Crippen MR) is 139 cm³/mol. The summed E-state index contributed by atoms with van der Waals surface area (Å²) >= 11 is 0. The number of nitrogens with zero attached hydrogens (tertiary/aromatic N) is 5. The van der Waals surface area contributed by atoms with E-state index in [2.05, 4.69) is 10.00 Å². The molecule has 9 nitrogen and oxygen atoms in total. The average molecular weight is 512 g/mol. The zero-order valence-electron chi connectivity index (χ0n) is 21.0. The van der Waals surface area contributed by atoms with Gasteiger partial charge in [0, 0.05) is 52.5 Å².